The van der Waals surface area contributed by atoms with Crippen LogP contribution in [-0.2, 0) is 12.8 Å². The van der Waals surface area contributed by atoms with E-state index in [0.717, 1.165) is 30.6 Å². The fourth-order valence-electron chi connectivity index (χ4n) is 3.14. The first-order chi connectivity index (χ1) is 9.81. The molecule has 0 amide bonds. The number of para-hydroxylation sites is 1. The van der Waals surface area contributed by atoms with Gasteiger partial charge in [0.15, 0.2) is 5.82 Å². The molecule has 0 radical (unpaired) electrons. The molecule has 0 saturated carbocycles. The summed E-state index contributed by atoms with van der Waals surface area (Å²) in [6.45, 7) is 0. The number of imidazole rings is 1. The molecule has 0 spiro atoms. The van der Waals surface area contributed by atoms with E-state index in [9.17, 15) is 4.39 Å². The molecule has 1 heterocycles. The third-order valence-corrected chi connectivity index (χ3v) is 4.22. The van der Waals surface area contributed by atoms with Gasteiger partial charge in [-0.25, -0.2) is 9.37 Å². The van der Waals surface area contributed by atoms with E-state index in [2.05, 4.69) is 34.2 Å². The number of aromatic amines is 1. The van der Waals surface area contributed by atoms with Gasteiger partial charge in [0, 0.05) is 5.92 Å². The molecule has 0 aliphatic heterocycles. The van der Waals surface area contributed by atoms with Gasteiger partial charge in [0.1, 0.15) is 11.3 Å². The number of aryl methyl sites for hydroxylation is 1. The average molecular weight is 266 g/mol. The standard InChI is InChI=1S/C17H15FN2/c18-14-6-3-7-15-16(14)20-17(19-15)13-9-8-11-4-1-2-5-12(11)10-13/h1-7,13H,8-10H2,(H,19,20). The molecule has 0 bridgehead atoms. The lowest BCUT2D eigenvalue weighted by Crippen LogP contribution is -2.13. The van der Waals surface area contributed by atoms with Crippen molar-refractivity contribution in [1.29, 1.82) is 0 Å². The first-order valence-electron chi connectivity index (χ1n) is 7.02. The second kappa shape index (κ2) is 4.44. The zero-order valence-corrected chi connectivity index (χ0v) is 11.1. The molecular formula is C17H15FN2. The van der Waals surface area contributed by atoms with E-state index in [1.807, 2.05) is 6.07 Å². The topological polar surface area (TPSA) is 28.7 Å². The maximum atomic E-state index is 13.7. The summed E-state index contributed by atoms with van der Waals surface area (Å²) in [7, 11) is 0. The van der Waals surface area contributed by atoms with E-state index in [4.69, 9.17) is 0 Å². The number of fused-ring (bicyclic) bond motifs is 2. The number of aromatic nitrogens is 2. The highest BCUT2D eigenvalue weighted by molar-refractivity contribution is 5.75. The predicted octanol–water partition coefficient (Wildman–Crippen LogP) is 3.97. The van der Waals surface area contributed by atoms with E-state index in [-0.39, 0.29) is 5.82 Å². The summed E-state index contributed by atoms with van der Waals surface area (Å²) in [5.41, 5.74) is 4.08. The smallest absolute Gasteiger partial charge is 0.151 e. The molecule has 2 nitrogen and oxygen atoms in total. The van der Waals surface area contributed by atoms with Crippen LogP contribution in [0.2, 0.25) is 0 Å². The average Bonchev–Trinajstić information content (AvgIpc) is 2.92. The van der Waals surface area contributed by atoms with Crippen molar-refractivity contribution in [3.8, 4) is 0 Å². The number of H-pyrrole nitrogens is 1. The third-order valence-electron chi connectivity index (χ3n) is 4.22. The van der Waals surface area contributed by atoms with Crippen LogP contribution in [0.1, 0.15) is 29.3 Å². The van der Waals surface area contributed by atoms with Crippen LogP contribution < -0.4 is 0 Å². The van der Waals surface area contributed by atoms with E-state index in [1.165, 1.54) is 17.2 Å². The van der Waals surface area contributed by atoms with Crippen LogP contribution in [0.25, 0.3) is 11.0 Å². The van der Waals surface area contributed by atoms with E-state index in [1.54, 1.807) is 6.07 Å². The van der Waals surface area contributed by atoms with Gasteiger partial charge in [0.25, 0.3) is 0 Å². The Balaban J connectivity index is 1.72. The van der Waals surface area contributed by atoms with E-state index < -0.39 is 0 Å². The fourth-order valence-corrected chi connectivity index (χ4v) is 3.14. The largest absolute Gasteiger partial charge is 0.342 e. The van der Waals surface area contributed by atoms with E-state index >= 15 is 0 Å². The van der Waals surface area contributed by atoms with Gasteiger partial charge < -0.3 is 4.98 Å². The van der Waals surface area contributed by atoms with Crippen LogP contribution in [0.15, 0.2) is 42.5 Å². The number of benzene rings is 2. The number of nitrogens with zero attached hydrogens (tertiary/aromatic N) is 1. The molecule has 4 rings (SSSR count). The molecule has 2 aromatic carbocycles. The molecule has 3 heteroatoms. The number of nitrogens with one attached hydrogen (secondary N) is 1. The van der Waals surface area contributed by atoms with Crippen molar-refractivity contribution in [2.24, 2.45) is 0 Å². The lowest BCUT2D eigenvalue weighted by atomic mass is 9.83. The van der Waals surface area contributed by atoms with Crippen LogP contribution in [0, 0.1) is 5.82 Å². The van der Waals surface area contributed by atoms with Crippen molar-refractivity contribution < 1.29 is 4.39 Å². The fraction of sp³-hybridized carbons (Fsp3) is 0.235. The molecule has 0 saturated heterocycles. The molecule has 1 unspecified atom stereocenters. The van der Waals surface area contributed by atoms with Gasteiger partial charge in [-0.05, 0) is 42.5 Å². The molecule has 1 aromatic heterocycles. The van der Waals surface area contributed by atoms with Crippen molar-refractivity contribution >= 4 is 11.0 Å². The Morgan fingerprint density at radius 3 is 2.75 bits per heavy atom. The molecule has 100 valence electrons. The van der Waals surface area contributed by atoms with Gasteiger partial charge in [-0.3, -0.25) is 0 Å². The summed E-state index contributed by atoms with van der Waals surface area (Å²) < 4.78 is 13.7. The van der Waals surface area contributed by atoms with Crippen molar-refractivity contribution in [3.63, 3.8) is 0 Å². The monoisotopic (exact) mass is 266 g/mol. The molecule has 0 fully saturated rings. The molecule has 1 aliphatic carbocycles. The van der Waals surface area contributed by atoms with Gasteiger partial charge >= 0.3 is 0 Å². The zero-order chi connectivity index (χ0) is 13.5. The lowest BCUT2D eigenvalue weighted by Gasteiger charge is -2.22. The Kier molecular flexibility index (Phi) is 2.59. The van der Waals surface area contributed by atoms with Crippen molar-refractivity contribution in [2.75, 3.05) is 0 Å². The quantitative estimate of drug-likeness (QED) is 0.709. The minimum Gasteiger partial charge on any atom is -0.342 e. The second-order valence-electron chi connectivity index (χ2n) is 5.47. The van der Waals surface area contributed by atoms with Gasteiger partial charge in [-0.1, -0.05) is 30.3 Å². The SMILES string of the molecule is Fc1cccc2[nH]c(C3CCc4ccccc4C3)nc12. The number of hydrogen-bond acceptors (Lipinski definition) is 1. The Bertz CT molecular complexity index is 776. The summed E-state index contributed by atoms with van der Waals surface area (Å²) >= 11 is 0. The molecule has 3 aromatic rings. The highest BCUT2D eigenvalue weighted by Crippen LogP contribution is 2.32. The molecule has 1 aliphatic rings. The Morgan fingerprint density at radius 1 is 1.05 bits per heavy atom. The normalized spacial score (nSPS) is 18.1. The maximum Gasteiger partial charge on any atom is 0.151 e. The second-order valence-corrected chi connectivity index (χ2v) is 5.47. The maximum absolute atomic E-state index is 13.7. The van der Waals surface area contributed by atoms with Crippen LogP contribution in [0.3, 0.4) is 0 Å². The number of hydrogen-bond donors (Lipinski definition) is 1. The summed E-state index contributed by atoms with van der Waals surface area (Å²) in [5.74, 6) is 1.03. The van der Waals surface area contributed by atoms with Crippen LogP contribution >= 0.6 is 0 Å². The zero-order valence-electron chi connectivity index (χ0n) is 11.1. The minimum absolute atomic E-state index is 0.249. The van der Waals surface area contributed by atoms with Crippen molar-refractivity contribution in [2.45, 2.75) is 25.2 Å². The molecule has 20 heavy (non-hydrogen) atoms. The van der Waals surface area contributed by atoms with E-state index in [0.29, 0.717) is 11.4 Å². The van der Waals surface area contributed by atoms with Crippen molar-refractivity contribution in [3.05, 3.63) is 65.2 Å². The molecule has 1 N–H and O–H groups in total. The number of halogens is 1. The van der Waals surface area contributed by atoms with Gasteiger partial charge in [-0.15, -0.1) is 0 Å². The first-order valence-corrected chi connectivity index (χ1v) is 7.02. The summed E-state index contributed by atoms with van der Waals surface area (Å²) in [4.78, 5) is 7.76. The molecular weight excluding hydrogens is 251 g/mol. The van der Waals surface area contributed by atoms with Gasteiger partial charge in [0.05, 0.1) is 5.52 Å². The summed E-state index contributed by atoms with van der Waals surface area (Å²) in [6, 6.07) is 13.6. The Hall–Kier alpha value is -2.16. The van der Waals surface area contributed by atoms with Crippen LogP contribution in [0.4, 0.5) is 4.39 Å². The Morgan fingerprint density at radius 2 is 1.90 bits per heavy atom. The van der Waals surface area contributed by atoms with Crippen molar-refractivity contribution in [1.82, 2.24) is 9.97 Å². The minimum atomic E-state index is -0.249. The van der Waals surface area contributed by atoms with Gasteiger partial charge in [-0.2, -0.15) is 0 Å². The number of rotatable bonds is 1. The first kappa shape index (κ1) is 11.6. The predicted molar refractivity (Wildman–Crippen MR) is 77.3 cm³/mol. The Labute approximate surface area is 116 Å². The summed E-state index contributed by atoms with van der Waals surface area (Å²) in [6.07, 6.45) is 3.12. The summed E-state index contributed by atoms with van der Waals surface area (Å²) in [5, 5.41) is 0. The highest BCUT2D eigenvalue weighted by Gasteiger charge is 2.22. The highest BCUT2D eigenvalue weighted by atomic mass is 19.1. The van der Waals surface area contributed by atoms with Crippen LogP contribution in [0.5, 0.6) is 0 Å². The van der Waals surface area contributed by atoms with Gasteiger partial charge in [0.2, 0.25) is 0 Å². The third kappa shape index (κ3) is 1.82. The van der Waals surface area contributed by atoms with Crippen LogP contribution in [-0.4, -0.2) is 9.97 Å². The lowest BCUT2D eigenvalue weighted by molar-refractivity contribution is 0.560. The molecule has 1 atom stereocenters.